The lowest BCUT2D eigenvalue weighted by molar-refractivity contribution is 0.239. The van der Waals surface area contributed by atoms with E-state index in [9.17, 15) is 0 Å². The van der Waals surface area contributed by atoms with Gasteiger partial charge in [-0.1, -0.05) is 46.8 Å². The van der Waals surface area contributed by atoms with Crippen molar-refractivity contribution in [2.45, 2.75) is 59.7 Å². The van der Waals surface area contributed by atoms with Crippen LogP contribution in [0.15, 0.2) is 12.2 Å². The van der Waals surface area contributed by atoms with Crippen LogP contribution in [0.4, 0.5) is 0 Å². The third kappa shape index (κ3) is 3.74. The molecular weight excluding hydrogens is 212 g/mol. The summed E-state index contributed by atoms with van der Waals surface area (Å²) in [6.07, 6.45) is 0. The van der Waals surface area contributed by atoms with Crippen molar-refractivity contribution in [3.8, 4) is 0 Å². The molecule has 0 aromatic rings. The van der Waals surface area contributed by atoms with Crippen molar-refractivity contribution in [2.75, 3.05) is 6.61 Å². The van der Waals surface area contributed by atoms with Crippen LogP contribution in [-0.2, 0) is 4.43 Å². The van der Waals surface area contributed by atoms with Crippen molar-refractivity contribution in [3.05, 3.63) is 12.2 Å². The number of rotatable bonds is 6. The fourth-order valence-electron chi connectivity index (χ4n) is 1.36. The smallest absolute Gasteiger partial charge is 0.192 e. The summed E-state index contributed by atoms with van der Waals surface area (Å²) in [7, 11) is -1.64. The van der Waals surface area contributed by atoms with E-state index in [0.29, 0.717) is 16.9 Å². The predicted octanol–water partition coefficient (Wildman–Crippen LogP) is 4.86. The van der Waals surface area contributed by atoms with Gasteiger partial charge in [0.2, 0.25) is 0 Å². The molecule has 0 N–H and O–H groups in total. The minimum atomic E-state index is -1.64. The molecule has 0 saturated carbocycles. The summed E-state index contributed by atoms with van der Waals surface area (Å²) in [6, 6.07) is 0. The second-order valence-corrected chi connectivity index (χ2v) is 11.0. The van der Waals surface area contributed by atoms with Gasteiger partial charge in [-0.15, -0.1) is 0 Å². The molecule has 0 saturated heterocycles. The van der Waals surface area contributed by atoms with Gasteiger partial charge in [0, 0.05) is 6.61 Å². The van der Waals surface area contributed by atoms with Crippen molar-refractivity contribution in [2.24, 2.45) is 11.8 Å². The minimum Gasteiger partial charge on any atom is -0.416 e. The summed E-state index contributed by atoms with van der Waals surface area (Å²) in [5.41, 5.74) is 1.21. The lowest BCUT2D eigenvalue weighted by Gasteiger charge is -2.43. The van der Waals surface area contributed by atoms with Crippen LogP contribution in [0.1, 0.15) is 41.5 Å². The zero-order valence-electron chi connectivity index (χ0n) is 12.5. The van der Waals surface area contributed by atoms with Crippen molar-refractivity contribution < 1.29 is 4.43 Å². The maximum Gasteiger partial charge on any atom is 0.192 e. The number of hydrogen-bond acceptors (Lipinski definition) is 1. The van der Waals surface area contributed by atoms with Crippen molar-refractivity contribution in [1.29, 1.82) is 0 Å². The second kappa shape index (κ2) is 5.50. The average Bonchev–Trinajstić information content (AvgIpc) is 2.13. The quantitative estimate of drug-likeness (QED) is 0.477. The molecule has 1 atom stereocenters. The molecule has 1 nitrogen and oxygen atoms in total. The van der Waals surface area contributed by atoms with Crippen molar-refractivity contribution >= 4 is 8.32 Å². The molecule has 0 aromatic carbocycles. The van der Waals surface area contributed by atoms with E-state index in [0.717, 1.165) is 6.61 Å². The van der Waals surface area contributed by atoms with Gasteiger partial charge in [0.1, 0.15) is 0 Å². The van der Waals surface area contributed by atoms with Gasteiger partial charge in [-0.2, -0.15) is 0 Å². The molecule has 0 rings (SSSR count). The highest BCUT2D eigenvalue weighted by Gasteiger charge is 2.43. The van der Waals surface area contributed by atoms with Gasteiger partial charge in [-0.3, -0.25) is 0 Å². The average molecular weight is 242 g/mol. The Hall–Kier alpha value is -0.0831. The van der Waals surface area contributed by atoms with Gasteiger partial charge in [-0.25, -0.2) is 0 Å². The molecule has 0 aromatic heterocycles. The zero-order chi connectivity index (χ0) is 13.1. The summed E-state index contributed by atoms with van der Waals surface area (Å²) in [6.45, 7) is 23.0. The fraction of sp³-hybridized carbons (Fsp3) is 0.857. The number of hydrogen-bond donors (Lipinski definition) is 0. The highest BCUT2D eigenvalue weighted by Crippen LogP contribution is 2.44. The molecule has 0 fully saturated rings. The van der Waals surface area contributed by atoms with Crippen LogP contribution in [0.25, 0.3) is 0 Å². The molecule has 0 heterocycles. The van der Waals surface area contributed by atoms with Gasteiger partial charge in [0.05, 0.1) is 0 Å². The van der Waals surface area contributed by atoms with Crippen LogP contribution >= 0.6 is 0 Å². The molecule has 0 unspecified atom stereocenters. The van der Waals surface area contributed by atoms with Crippen molar-refractivity contribution in [3.63, 3.8) is 0 Å². The third-order valence-corrected chi connectivity index (χ3v) is 9.10. The summed E-state index contributed by atoms with van der Waals surface area (Å²) in [5, 5.41) is 0.307. The van der Waals surface area contributed by atoms with Gasteiger partial charge >= 0.3 is 0 Å². The van der Waals surface area contributed by atoms with E-state index in [1.807, 2.05) is 0 Å². The van der Waals surface area contributed by atoms with E-state index in [1.54, 1.807) is 0 Å². The lowest BCUT2D eigenvalue weighted by Crippen LogP contribution is -2.46. The van der Waals surface area contributed by atoms with E-state index in [1.165, 1.54) is 5.57 Å². The maximum atomic E-state index is 6.26. The normalized spacial score (nSPS) is 15.3. The van der Waals surface area contributed by atoms with Gasteiger partial charge in [0.25, 0.3) is 0 Å². The maximum absolute atomic E-state index is 6.26. The Labute approximate surface area is 103 Å². The van der Waals surface area contributed by atoms with Crippen LogP contribution in [-0.4, -0.2) is 14.9 Å². The first-order valence-electron chi connectivity index (χ1n) is 6.31. The van der Waals surface area contributed by atoms with Gasteiger partial charge < -0.3 is 4.43 Å². The van der Waals surface area contributed by atoms with Crippen LogP contribution in [0.2, 0.25) is 18.1 Å². The molecule has 0 bridgehead atoms. The Balaban J connectivity index is 4.52. The first-order valence-corrected chi connectivity index (χ1v) is 9.22. The SMILES string of the molecule is C=C(C)[C@@H](C)CO[Si](C)(C)C(C)(C)C(C)C. The van der Waals surface area contributed by atoms with Gasteiger partial charge in [-0.05, 0) is 36.9 Å². The topological polar surface area (TPSA) is 9.23 Å². The first-order chi connectivity index (χ1) is 7.02. The third-order valence-electron chi connectivity index (χ3n) is 4.53. The Morgan fingerprint density at radius 1 is 1.25 bits per heavy atom. The standard InChI is InChI=1S/C14H30OSi/c1-11(2)13(5)10-15-16(8,9)14(6,7)12(3)4/h12-13H,1,10H2,2-9H3/t13-/m0/s1. The van der Waals surface area contributed by atoms with Crippen LogP contribution < -0.4 is 0 Å². The van der Waals surface area contributed by atoms with Gasteiger partial charge in [0.15, 0.2) is 8.32 Å². The summed E-state index contributed by atoms with van der Waals surface area (Å²) in [5.74, 6) is 1.13. The summed E-state index contributed by atoms with van der Waals surface area (Å²) in [4.78, 5) is 0. The highest BCUT2D eigenvalue weighted by molar-refractivity contribution is 6.74. The Bertz CT molecular complexity index is 241. The molecule has 16 heavy (non-hydrogen) atoms. The molecule has 0 aliphatic carbocycles. The largest absolute Gasteiger partial charge is 0.416 e. The van der Waals surface area contributed by atoms with Crippen LogP contribution in [0.5, 0.6) is 0 Å². The summed E-state index contributed by atoms with van der Waals surface area (Å²) < 4.78 is 6.26. The lowest BCUT2D eigenvalue weighted by atomic mass is 9.99. The predicted molar refractivity (Wildman–Crippen MR) is 76.3 cm³/mol. The molecular formula is C14H30OSi. The van der Waals surface area contributed by atoms with Crippen LogP contribution in [0.3, 0.4) is 0 Å². The minimum absolute atomic E-state index is 0.307. The monoisotopic (exact) mass is 242 g/mol. The van der Waals surface area contributed by atoms with E-state index < -0.39 is 8.32 Å². The molecule has 2 heteroatoms. The van der Waals surface area contributed by atoms with E-state index in [4.69, 9.17) is 4.43 Å². The first kappa shape index (κ1) is 15.9. The molecule has 0 amide bonds. The van der Waals surface area contributed by atoms with E-state index in [2.05, 4.69) is 61.2 Å². The molecule has 0 aliphatic heterocycles. The van der Waals surface area contributed by atoms with E-state index >= 15 is 0 Å². The van der Waals surface area contributed by atoms with Crippen molar-refractivity contribution in [1.82, 2.24) is 0 Å². The summed E-state index contributed by atoms with van der Waals surface area (Å²) >= 11 is 0. The Morgan fingerprint density at radius 2 is 1.69 bits per heavy atom. The zero-order valence-corrected chi connectivity index (χ0v) is 13.5. The molecule has 96 valence electrons. The fourth-order valence-corrected chi connectivity index (χ4v) is 3.79. The molecule has 0 spiro atoms. The highest BCUT2D eigenvalue weighted by atomic mass is 28.4. The molecule has 0 aliphatic rings. The van der Waals surface area contributed by atoms with E-state index in [-0.39, 0.29) is 0 Å². The Kier molecular flexibility index (Phi) is 5.47. The second-order valence-electron chi connectivity index (χ2n) is 6.45. The Morgan fingerprint density at radius 3 is 2.00 bits per heavy atom. The van der Waals surface area contributed by atoms with Crippen LogP contribution in [0, 0.1) is 11.8 Å². The molecule has 0 radical (unpaired) electrons.